The molecule has 0 bridgehead atoms. The fourth-order valence-corrected chi connectivity index (χ4v) is 2.78. The smallest absolute Gasteiger partial charge is 0.276 e. The SMILES string of the molecule is Cc1cccc(Nc2ccc(C(=O)Nc3cccc4cccnc34)nn2)c1. The van der Waals surface area contributed by atoms with Gasteiger partial charge < -0.3 is 10.6 Å². The molecule has 2 N–H and O–H groups in total. The fourth-order valence-electron chi connectivity index (χ4n) is 2.78. The van der Waals surface area contributed by atoms with Crippen LogP contribution in [0.2, 0.25) is 0 Å². The largest absolute Gasteiger partial charge is 0.339 e. The molecule has 4 aromatic rings. The first-order valence-electron chi connectivity index (χ1n) is 8.51. The van der Waals surface area contributed by atoms with Crippen molar-refractivity contribution in [2.24, 2.45) is 0 Å². The van der Waals surface area contributed by atoms with E-state index in [0.29, 0.717) is 11.5 Å². The molecule has 2 aromatic heterocycles. The minimum Gasteiger partial charge on any atom is -0.339 e. The predicted octanol–water partition coefficient (Wildman–Crippen LogP) is 4.33. The lowest BCUT2D eigenvalue weighted by Gasteiger charge is -2.08. The minimum atomic E-state index is -0.331. The molecule has 0 fully saturated rings. The number of aryl methyl sites for hydroxylation is 1. The number of fused-ring (bicyclic) bond motifs is 1. The van der Waals surface area contributed by atoms with Crippen molar-refractivity contribution >= 4 is 34.0 Å². The van der Waals surface area contributed by atoms with Gasteiger partial charge in [-0.25, -0.2) is 0 Å². The summed E-state index contributed by atoms with van der Waals surface area (Å²) in [6, 6.07) is 20.8. The fraction of sp³-hybridized carbons (Fsp3) is 0.0476. The summed E-state index contributed by atoms with van der Waals surface area (Å²) in [5.41, 5.74) is 3.68. The summed E-state index contributed by atoms with van der Waals surface area (Å²) >= 11 is 0. The number of carbonyl (C=O) groups is 1. The number of para-hydroxylation sites is 1. The summed E-state index contributed by atoms with van der Waals surface area (Å²) in [6.45, 7) is 2.02. The maximum atomic E-state index is 12.5. The number of hydrogen-bond donors (Lipinski definition) is 2. The molecule has 0 spiro atoms. The highest BCUT2D eigenvalue weighted by Gasteiger charge is 2.11. The van der Waals surface area contributed by atoms with E-state index in [1.165, 1.54) is 0 Å². The Morgan fingerprint density at radius 1 is 0.926 bits per heavy atom. The first-order valence-corrected chi connectivity index (χ1v) is 8.51. The second-order valence-corrected chi connectivity index (χ2v) is 6.13. The van der Waals surface area contributed by atoms with Crippen molar-refractivity contribution in [3.05, 3.63) is 84.2 Å². The van der Waals surface area contributed by atoms with Gasteiger partial charge in [-0.05, 0) is 48.9 Å². The van der Waals surface area contributed by atoms with Gasteiger partial charge in [0.25, 0.3) is 5.91 Å². The molecule has 6 nitrogen and oxygen atoms in total. The van der Waals surface area contributed by atoms with Gasteiger partial charge in [-0.2, -0.15) is 0 Å². The standard InChI is InChI=1S/C21H17N5O/c1-14-5-2-8-16(13-14)23-19-11-10-18(25-26-19)21(27)24-17-9-3-6-15-7-4-12-22-20(15)17/h2-13H,1H3,(H,23,26)(H,24,27). The van der Waals surface area contributed by atoms with Crippen LogP contribution in [0.1, 0.15) is 16.1 Å². The molecule has 2 aromatic carbocycles. The van der Waals surface area contributed by atoms with Crippen molar-refractivity contribution in [3.63, 3.8) is 0 Å². The van der Waals surface area contributed by atoms with Crippen molar-refractivity contribution < 1.29 is 4.79 Å². The first kappa shape index (κ1) is 16.7. The number of pyridine rings is 1. The van der Waals surface area contributed by atoms with E-state index in [-0.39, 0.29) is 11.6 Å². The zero-order chi connectivity index (χ0) is 18.6. The summed E-state index contributed by atoms with van der Waals surface area (Å²) in [6.07, 6.45) is 1.70. The lowest BCUT2D eigenvalue weighted by Crippen LogP contribution is -2.15. The Balaban J connectivity index is 1.51. The lowest BCUT2D eigenvalue weighted by atomic mass is 10.2. The average molecular weight is 355 g/mol. The summed E-state index contributed by atoms with van der Waals surface area (Å²) in [7, 11) is 0. The Bertz CT molecular complexity index is 1100. The first-order chi connectivity index (χ1) is 13.2. The molecule has 132 valence electrons. The van der Waals surface area contributed by atoms with Gasteiger partial charge in [0, 0.05) is 17.3 Å². The van der Waals surface area contributed by atoms with E-state index in [0.717, 1.165) is 22.2 Å². The van der Waals surface area contributed by atoms with Crippen LogP contribution in [-0.2, 0) is 0 Å². The van der Waals surface area contributed by atoms with E-state index in [2.05, 4.69) is 25.8 Å². The van der Waals surface area contributed by atoms with Gasteiger partial charge in [-0.15, -0.1) is 10.2 Å². The molecule has 2 heterocycles. The highest BCUT2D eigenvalue weighted by Crippen LogP contribution is 2.21. The van der Waals surface area contributed by atoms with Gasteiger partial charge >= 0.3 is 0 Å². The van der Waals surface area contributed by atoms with Gasteiger partial charge in [-0.1, -0.05) is 30.3 Å². The zero-order valence-electron chi connectivity index (χ0n) is 14.7. The molecule has 0 aliphatic carbocycles. The molecule has 0 unspecified atom stereocenters. The number of nitrogens with one attached hydrogen (secondary N) is 2. The number of benzene rings is 2. The van der Waals surface area contributed by atoms with Crippen molar-refractivity contribution in [1.82, 2.24) is 15.2 Å². The molecule has 1 amide bonds. The van der Waals surface area contributed by atoms with E-state index in [1.54, 1.807) is 18.3 Å². The number of hydrogen-bond acceptors (Lipinski definition) is 5. The Morgan fingerprint density at radius 3 is 2.59 bits per heavy atom. The maximum Gasteiger partial charge on any atom is 0.276 e. The molecule has 0 saturated heterocycles. The zero-order valence-corrected chi connectivity index (χ0v) is 14.7. The van der Waals surface area contributed by atoms with Gasteiger partial charge in [-0.3, -0.25) is 9.78 Å². The molecule has 0 radical (unpaired) electrons. The maximum absolute atomic E-state index is 12.5. The van der Waals surface area contributed by atoms with Crippen LogP contribution in [-0.4, -0.2) is 21.1 Å². The molecule has 0 saturated carbocycles. The van der Waals surface area contributed by atoms with E-state index in [4.69, 9.17) is 0 Å². The number of carbonyl (C=O) groups excluding carboxylic acids is 1. The van der Waals surface area contributed by atoms with Crippen molar-refractivity contribution in [1.29, 1.82) is 0 Å². The third-order valence-corrected chi connectivity index (χ3v) is 4.07. The third-order valence-electron chi connectivity index (χ3n) is 4.07. The van der Waals surface area contributed by atoms with Crippen LogP contribution < -0.4 is 10.6 Å². The van der Waals surface area contributed by atoms with Gasteiger partial charge in [0.05, 0.1) is 11.2 Å². The Hall–Kier alpha value is -3.80. The molecule has 0 aliphatic rings. The topological polar surface area (TPSA) is 79.8 Å². The Labute approximate surface area is 156 Å². The van der Waals surface area contributed by atoms with Crippen LogP contribution in [0.3, 0.4) is 0 Å². The average Bonchev–Trinajstić information content (AvgIpc) is 2.69. The normalized spacial score (nSPS) is 10.6. The van der Waals surface area contributed by atoms with Crippen LogP contribution >= 0.6 is 0 Å². The predicted molar refractivity (Wildman–Crippen MR) is 106 cm³/mol. The Kier molecular flexibility index (Phi) is 4.45. The second-order valence-electron chi connectivity index (χ2n) is 6.13. The number of anilines is 3. The number of nitrogens with zero attached hydrogens (tertiary/aromatic N) is 3. The summed E-state index contributed by atoms with van der Waals surface area (Å²) in [5.74, 6) is 0.242. The van der Waals surface area contributed by atoms with Gasteiger partial charge in [0.1, 0.15) is 0 Å². The van der Waals surface area contributed by atoms with Crippen molar-refractivity contribution in [3.8, 4) is 0 Å². The summed E-state index contributed by atoms with van der Waals surface area (Å²) in [5, 5.41) is 15.1. The molecular formula is C21H17N5O. The van der Waals surface area contributed by atoms with Gasteiger partial charge in [0.2, 0.25) is 0 Å². The minimum absolute atomic E-state index is 0.234. The van der Waals surface area contributed by atoms with Crippen LogP contribution in [0, 0.1) is 6.92 Å². The highest BCUT2D eigenvalue weighted by atomic mass is 16.1. The van der Waals surface area contributed by atoms with Crippen LogP contribution in [0.5, 0.6) is 0 Å². The summed E-state index contributed by atoms with van der Waals surface area (Å²) in [4.78, 5) is 16.8. The van der Waals surface area contributed by atoms with Crippen molar-refractivity contribution in [2.75, 3.05) is 10.6 Å². The molecule has 0 atom stereocenters. The van der Waals surface area contributed by atoms with Crippen LogP contribution in [0.15, 0.2) is 72.9 Å². The van der Waals surface area contributed by atoms with E-state index in [9.17, 15) is 4.79 Å². The van der Waals surface area contributed by atoms with E-state index >= 15 is 0 Å². The molecule has 0 aliphatic heterocycles. The second kappa shape index (κ2) is 7.21. The third kappa shape index (κ3) is 3.74. The number of amides is 1. The quantitative estimate of drug-likeness (QED) is 0.569. The monoisotopic (exact) mass is 355 g/mol. The van der Waals surface area contributed by atoms with Crippen LogP contribution in [0.25, 0.3) is 10.9 Å². The van der Waals surface area contributed by atoms with Crippen molar-refractivity contribution in [2.45, 2.75) is 6.92 Å². The number of aromatic nitrogens is 3. The summed E-state index contributed by atoms with van der Waals surface area (Å²) < 4.78 is 0. The molecule has 6 heteroatoms. The Morgan fingerprint density at radius 2 is 1.78 bits per heavy atom. The van der Waals surface area contributed by atoms with E-state index in [1.807, 2.05) is 61.5 Å². The number of rotatable bonds is 4. The lowest BCUT2D eigenvalue weighted by molar-refractivity contribution is 0.102. The van der Waals surface area contributed by atoms with E-state index < -0.39 is 0 Å². The molecular weight excluding hydrogens is 338 g/mol. The highest BCUT2D eigenvalue weighted by molar-refractivity contribution is 6.07. The van der Waals surface area contributed by atoms with Crippen LogP contribution in [0.4, 0.5) is 17.2 Å². The molecule has 27 heavy (non-hydrogen) atoms. The molecule has 4 rings (SSSR count). The van der Waals surface area contributed by atoms with Gasteiger partial charge in [0.15, 0.2) is 11.5 Å².